The van der Waals surface area contributed by atoms with Crippen molar-refractivity contribution in [2.24, 2.45) is 11.8 Å². The van der Waals surface area contributed by atoms with E-state index in [-0.39, 0.29) is 25.5 Å². The number of rotatable bonds is 14. The molecule has 0 aromatic heterocycles. The van der Waals surface area contributed by atoms with E-state index in [0.29, 0.717) is 25.9 Å². The second kappa shape index (κ2) is 13.3. The molecule has 7 atom stereocenters. The first kappa shape index (κ1) is 34.5. The van der Waals surface area contributed by atoms with E-state index in [0.717, 1.165) is 0 Å². The van der Waals surface area contributed by atoms with Crippen molar-refractivity contribution in [2.75, 3.05) is 13.2 Å². The summed E-state index contributed by atoms with van der Waals surface area (Å²) in [6.07, 6.45) is 2.23. The third-order valence-electron chi connectivity index (χ3n) is 7.82. The van der Waals surface area contributed by atoms with Gasteiger partial charge in [0.15, 0.2) is 0 Å². The number of hydrogen-bond acceptors (Lipinski definition) is 9. The molecule has 2 aliphatic carbocycles. The monoisotopic (exact) mass is 626 g/mol. The average molecular weight is 627 g/mol. The Morgan fingerprint density at radius 3 is 2.35 bits per heavy atom. The van der Waals surface area contributed by atoms with Crippen LogP contribution in [0, 0.1) is 11.8 Å². The number of hydrogen-bond donors (Lipinski definition) is 4. The standard InChI is InChI=1S/C29H46N4O9S/c1-8-12-41-18(4)13-17(3)23(30-27(38)42-28(5,6)7)25(36)33-16-20(34)14-22(33)24(35)31-29(15-19(29)9-2)26(37)32-43(39,40)21-10-11-21/h8-9,17-23,34H,1-2,10-16H2,3-7H3,(H,30,38)(H,31,35)(H,32,37)/t17-,18+,19-,20-,22+,23?,29-/m1/s1. The predicted octanol–water partition coefficient (Wildman–Crippen LogP) is 1.13. The van der Waals surface area contributed by atoms with Crippen LogP contribution in [0.2, 0.25) is 0 Å². The van der Waals surface area contributed by atoms with Gasteiger partial charge < -0.3 is 30.1 Å². The number of carbonyl (C=O) groups excluding carboxylic acids is 4. The van der Waals surface area contributed by atoms with Gasteiger partial charge in [-0.2, -0.15) is 0 Å². The highest BCUT2D eigenvalue weighted by molar-refractivity contribution is 7.91. The molecule has 4 N–H and O–H groups in total. The van der Waals surface area contributed by atoms with Crippen LogP contribution < -0.4 is 15.4 Å². The third-order valence-corrected chi connectivity index (χ3v) is 9.64. The first-order valence-corrected chi connectivity index (χ1v) is 16.2. The fraction of sp³-hybridized carbons (Fsp3) is 0.724. The van der Waals surface area contributed by atoms with Gasteiger partial charge in [0.2, 0.25) is 21.8 Å². The highest BCUT2D eigenvalue weighted by Crippen LogP contribution is 2.45. The van der Waals surface area contributed by atoms with Crippen molar-refractivity contribution in [1.29, 1.82) is 0 Å². The Morgan fingerprint density at radius 1 is 1.16 bits per heavy atom. The van der Waals surface area contributed by atoms with Crippen molar-refractivity contribution < 1.29 is 42.2 Å². The zero-order chi connectivity index (χ0) is 32.3. The van der Waals surface area contributed by atoms with Crippen molar-refractivity contribution in [2.45, 2.75) is 107 Å². The number of aliphatic hydroxyl groups excluding tert-OH is 1. The summed E-state index contributed by atoms with van der Waals surface area (Å²) < 4.78 is 38.0. The summed E-state index contributed by atoms with van der Waals surface area (Å²) >= 11 is 0. The Bertz CT molecular complexity index is 1210. The third kappa shape index (κ3) is 8.79. The molecule has 242 valence electrons. The van der Waals surface area contributed by atoms with Crippen molar-refractivity contribution in [3.05, 3.63) is 25.3 Å². The second-order valence-electron chi connectivity index (χ2n) is 12.8. The van der Waals surface area contributed by atoms with E-state index in [2.05, 4.69) is 28.5 Å². The molecule has 43 heavy (non-hydrogen) atoms. The summed E-state index contributed by atoms with van der Waals surface area (Å²) in [7, 11) is -3.87. The number of carbonyl (C=O) groups is 4. The number of likely N-dealkylation sites (tertiary alicyclic amines) is 1. The molecule has 1 unspecified atom stereocenters. The van der Waals surface area contributed by atoms with Crippen LogP contribution in [0.15, 0.2) is 25.3 Å². The van der Waals surface area contributed by atoms with Gasteiger partial charge in [-0.3, -0.25) is 19.1 Å². The van der Waals surface area contributed by atoms with Crippen molar-refractivity contribution in [3.63, 3.8) is 0 Å². The lowest BCUT2D eigenvalue weighted by Gasteiger charge is -2.33. The first-order valence-electron chi connectivity index (χ1n) is 14.6. The Kier molecular flexibility index (Phi) is 10.7. The van der Waals surface area contributed by atoms with Crippen LogP contribution in [0.4, 0.5) is 4.79 Å². The quantitative estimate of drug-likeness (QED) is 0.206. The average Bonchev–Trinajstić information content (AvgIpc) is 3.81. The summed E-state index contributed by atoms with van der Waals surface area (Å²) in [4.78, 5) is 54.7. The summed E-state index contributed by atoms with van der Waals surface area (Å²) in [5.41, 5.74) is -2.37. The first-order chi connectivity index (χ1) is 19.9. The van der Waals surface area contributed by atoms with E-state index in [1.165, 1.54) is 11.0 Å². The second-order valence-corrected chi connectivity index (χ2v) is 14.8. The molecule has 0 bridgehead atoms. The maximum atomic E-state index is 14.0. The van der Waals surface area contributed by atoms with Gasteiger partial charge in [0.05, 0.1) is 24.1 Å². The fourth-order valence-electron chi connectivity index (χ4n) is 5.35. The maximum Gasteiger partial charge on any atom is 0.408 e. The minimum atomic E-state index is -3.87. The molecular weight excluding hydrogens is 580 g/mol. The van der Waals surface area contributed by atoms with Crippen LogP contribution in [0.1, 0.15) is 66.7 Å². The molecule has 0 aromatic carbocycles. The topological polar surface area (TPSA) is 180 Å². The van der Waals surface area contributed by atoms with Gasteiger partial charge in [0.25, 0.3) is 5.91 Å². The molecule has 1 aliphatic heterocycles. The minimum absolute atomic E-state index is 0.110. The van der Waals surface area contributed by atoms with Crippen molar-refractivity contribution in [1.82, 2.24) is 20.3 Å². The van der Waals surface area contributed by atoms with Gasteiger partial charge in [-0.15, -0.1) is 13.2 Å². The van der Waals surface area contributed by atoms with E-state index in [1.54, 1.807) is 33.8 Å². The number of aliphatic hydroxyl groups is 1. The van der Waals surface area contributed by atoms with Gasteiger partial charge in [-0.25, -0.2) is 13.2 Å². The lowest BCUT2D eigenvalue weighted by atomic mass is 9.94. The van der Waals surface area contributed by atoms with Gasteiger partial charge in [0.1, 0.15) is 23.2 Å². The molecular formula is C29H46N4O9S. The van der Waals surface area contributed by atoms with Gasteiger partial charge in [0, 0.05) is 18.9 Å². The number of alkyl carbamates (subject to hydrolysis) is 1. The summed E-state index contributed by atoms with van der Waals surface area (Å²) in [6, 6.07) is -2.31. The largest absolute Gasteiger partial charge is 0.444 e. The molecule has 1 heterocycles. The molecule has 3 rings (SSSR count). The van der Waals surface area contributed by atoms with E-state index < -0.39 is 80.3 Å². The van der Waals surface area contributed by atoms with Crippen LogP contribution in [-0.2, 0) is 33.9 Å². The van der Waals surface area contributed by atoms with Gasteiger partial charge >= 0.3 is 6.09 Å². The number of nitrogens with zero attached hydrogens (tertiary/aromatic N) is 1. The number of ether oxygens (including phenoxy) is 2. The summed E-state index contributed by atoms with van der Waals surface area (Å²) in [6.45, 7) is 16.1. The SMILES string of the molecule is C=CCO[C@@H](C)C[C@@H](C)C(NC(=O)OC(C)(C)C)C(=O)N1C[C@H](O)C[C@H]1C(=O)N[C@]1(C(=O)NS(=O)(=O)C2CC2)C[C@H]1C=C. The summed E-state index contributed by atoms with van der Waals surface area (Å²) in [5.74, 6) is -3.18. The molecule has 14 heteroatoms. The Morgan fingerprint density at radius 2 is 1.81 bits per heavy atom. The van der Waals surface area contributed by atoms with Crippen LogP contribution in [0.3, 0.4) is 0 Å². The minimum Gasteiger partial charge on any atom is -0.444 e. The number of nitrogens with one attached hydrogen (secondary N) is 3. The van der Waals surface area contributed by atoms with E-state index in [4.69, 9.17) is 9.47 Å². The molecule has 3 aliphatic rings. The molecule has 13 nitrogen and oxygen atoms in total. The van der Waals surface area contributed by atoms with Gasteiger partial charge in [-0.05, 0) is 59.3 Å². The Hall–Kier alpha value is -2.97. The van der Waals surface area contributed by atoms with E-state index in [9.17, 15) is 32.7 Å². The van der Waals surface area contributed by atoms with Crippen molar-refractivity contribution in [3.8, 4) is 0 Å². The molecule has 1 saturated heterocycles. The van der Waals surface area contributed by atoms with E-state index in [1.807, 2.05) is 6.92 Å². The molecule has 0 spiro atoms. The smallest absolute Gasteiger partial charge is 0.408 e. The number of β-amino-alcohol motifs (C(OH)–C–C–N with tert-alkyl or cyclic N) is 1. The predicted molar refractivity (Wildman–Crippen MR) is 158 cm³/mol. The molecule has 4 amide bonds. The lowest BCUT2D eigenvalue weighted by molar-refractivity contribution is -0.142. The van der Waals surface area contributed by atoms with E-state index >= 15 is 0 Å². The maximum absolute atomic E-state index is 14.0. The van der Waals surface area contributed by atoms with Gasteiger partial charge in [-0.1, -0.05) is 19.1 Å². The van der Waals surface area contributed by atoms with Crippen LogP contribution in [0.25, 0.3) is 0 Å². The van der Waals surface area contributed by atoms with Crippen molar-refractivity contribution >= 4 is 33.8 Å². The molecule has 3 fully saturated rings. The normalized spacial score (nSPS) is 27.3. The highest BCUT2D eigenvalue weighted by atomic mass is 32.2. The Labute approximate surface area is 253 Å². The zero-order valence-electron chi connectivity index (χ0n) is 25.6. The lowest BCUT2D eigenvalue weighted by Crippen LogP contribution is -2.59. The number of amides is 4. The van der Waals surface area contributed by atoms with Crippen LogP contribution in [-0.4, -0.2) is 96.1 Å². The fourth-order valence-corrected chi connectivity index (χ4v) is 6.71. The number of sulfonamides is 1. The zero-order valence-corrected chi connectivity index (χ0v) is 26.4. The Balaban J connectivity index is 1.81. The van der Waals surface area contributed by atoms with Crippen LogP contribution in [0.5, 0.6) is 0 Å². The molecule has 0 radical (unpaired) electrons. The summed E-state index contributed by atoms with van der Waals surface area (Å²) in [5, 5.41) is 15.2. The van der Waals surface area contributed by atoms with Crippen LogP contribution >= 0.6 is 0 Å². The highest BCUT2D eigenvalue weighted by Gasteiger charge is 2.62. The molecule has 2 saturated carbocycles. The molecule has 0 aromatic rings.